The number of hydrogen-bond donors (Lipinski definition) is 0. The van der Waals surface area contributed by atoms with Crippen LogP contribution in [0.5, 0.6) is 0 Å². The van der Waals surface area contributed by atoms with Crippen LogP contribution < -0.4 is 0 Å². The molecule has 2 amide bonds. The van der Waals surface area contributed by atoms with Crippen molar-refractivity contribution in [1.29, 1.82) is 5.26 Å². The fourth-order valence-corrected chi connectivity index (χ4v) is 3.63. The zero-order chi connectivity index (χ0) is 16.3. The Morgan fingerprint density at radius 3 is 2.86 bits per heavy atom. The van der Waals surface area contributed by atoms with E-state index in [9.17, 15) is 9.59 Å². The second kappa shape index (κ2) is 7.12. The molecule has 0 saturated carbocycles. The molecule has 2 rings (SSSR count). The zero-order valence-electron chi connectivity index (χ0n) is 12.6. The number of likely N-dealkylation sites (N-methyl/N-ethyl adjacent to an activating group) is 1. The van der Waals surface area contributed by atoms with Gasteiger partial charge < -0.3 is 9.80 Å². The summed E-state index contributed by atoms with van der Waals surface area (Å²) >= 11 is 7.40. The second-order valence-electron chi connectivity index (χ2n) is 5.37. The largest absolute Gasteiger partial charge is 0.340 e. The average Bonchev–Trinajstić information content (AvgIpc) is 3.16. The van der Waals surface area contributed by atoms with E-state index in [2.05, 4.69) is 0 Å². The molecule has 0 radical (unpaired) electrons. The molecule has 2 heterocycles. The van der Waals surface area contributed by atoms with Crippen LogP contribution in [0.15, 0.2) is 10.8 Å². The van der Waals surface area contributed by atoms with Crippen LogP contribution in [0.1, 0.15) is 30.1 Å². The van der Waals surface area contributed by atoms with Crippen LogP contribution in [0.2, 0.25) is 5.02 Å². The predicted molar refractivity (Wildman–Crippen MR) is 85.8 cm³/mol. The van der Waals surface area contributed by atoms with Gasteiger partial charge in [0, 0.05) is 30.9 Å². The lowest BCUT2D eigenvalue weighted by atomic mass is 10.1. The molecular formula is C15H18ClN3O2S. The van der Waals surface area contributed by atoms with Gasteiger partial charge in [-0.15, -0.1) is 11.3 Å². The average molecular weight is 340 g/mol. The van der Waals surface area contributed by atoms with Gasteiger partial charge >= 0.3 is 0 Å². The molecule has 0 aromatic carbocycles. The molecule has 5 nitrogen and oxygen atoms in total. The first kappa shape index (κ1) is 16.8. The summed E-state index contributed by atoms with van der Waals surface area (Å²) in [6.07, 6.45) is 1.22. The van der Waals surface area contributed by atoms with Gasteiger partial charge in [-0.2, -0.15) is 5.26 Å². The molecule has 1 aliphatic rings. The van der Waals surface area contributed by atoms with E-state index in [1.165, 1.54) is 11.3 Å². The van der Waals surface area contributed by atoms with Gasteiger partial charge in [0.05, 0.1) is 22.7 Å². The molecule has 2 atom stereocenters. The number of thiophene rings is 1. The Labute approximate surface area is 139 Å². The minimum atomic E-state index is -0.610. The van der Waals surface area contributed by atoms with E-state index in [4.69, 9.17) is 16.9 Å². The Bertz CT molecular complexity index is 610. The first-order valence-corrected chi connectivity index (χ1v) is 8.48. The number of carbonyl (C=O) groups is 2. The summed E-state index contributed by atoms with van der Waals surface area (Å²) in [4.78, 5) is 28.0. The molecule has 0 aliphatic carbocycles. The fraction of sp³-hybridized carbons (Fsp3) is 0.533. The number of halogens is 1. The van der Waals surface area contributed by atoms with Crippen molar-refractivity contribution in [2.45, 2.75) is 25.8 Å². The van der Waals surface area contributed by atoms with E-state index in [-0.39, 0.29) is 17.9 Å². The number of nitrogens with zero attached hydrogens (tertiary/aromatic N) is 3. The maximum atomic E-state index is 12.4. The molecule has 0 N–H and O–H groups in total. The Morgan fingerprint density at radius 1 is 1.59 bits per heavy atom. The molecule has 1 aliphatic heterocycles. The SMILES string of the molecule is CCC(C#N)C(=O)N(C)C1CCN(C(=O)c2cscc2Cl)C1. The number of carbonyl (C=O) groups excluding carboxylic acids is 2. The van der Waals surface area contributed by atoms with Gasteiger partial charge in [0.1, 0.15) is 5.92 Å². The van der Waals surface area contributed by atoms with E-state index >= 15 is 0 Å². The fourth-order valence-electron chi connectivity index (χ4n) is 2.59. The number of rotatable bonds is 4. The van der Waals surface area contributed by atoms with Crippen LogP contribution in [0.3, 0.4) is 0 Å². The molecule has 1 aromatic heterocycles. The highest BCUT2D eigenvalue weighted by Gasteiger charge is 2.33. The van der Waals surface area contributed by atoms with Crippen molar-refractivity contribution in [2.24, 2.45) is 5.92 Å². The smallest absolute Gasteiger partial charge is 0.256 e. The Morgan fingerprint density at radius 2 is 2.32 bits per heavy atom. The van der Waals surface area contributed by atoms with Crippen LogP contribution in [0.4, 0.5) is 0 Å². The molecule has 118 valence electrons. The number of amides is 2. The highest BCUT2D eigenvalue weighted by Crippen LogP contribution is 2.25. The van der Waals surface area contributed by atoms with Gasteiger partial charge in [0.2, 0.25) is 5.91 Å². The zero-order valence-corrected chi connectivity index (χ0v) is 14.2. The van der Waals surface area contributed by atoms with Gasteiger partial charge in [-0.05, 0) is 12.8 Å². The molecule has 2 unspecified atom stereocenters. The minimum absolute atomic E-state index is 0.0451. The van der Waals surface area contributed by atoms with Crippen LogP contribution in [-0.2, 0) is 4.79 Å². The van der Waals surface area contributed by atoms with Crippen LogP contribution in [-0.4, -0.2) is 47.8 Å². The monoisotopic (exact) mass is 339 g/mol. The third kappa shape index (κ3) is 3.26. The summed E-state index contributed by atoms with van der Waals surface area (Å²) in [5.74, 6) is -0.874. The van der Waals surface area contributed by atoms with Crippen LogP contribution >= 0.6 is 22.9 Å². The number of likely N-dealkylation sites (tertiary alicyclic amines) is 1. The lowest BCUT2D eigenvalue weighted by Crippen LogP contribution is -2.42. The summed E-state index contributed by atoms with van der Waals surface area (Å²) < 4.78 is 0. The van der Waals surface area contributed by atoms with Crippen LogP contribution in [0.25, 0.3) is 0 Å². The van der Waals surface area contributed by atoms with E-state index in [1.807, 2.05) is 13.0 Å². The Balaban J connectivity index is 2.01. The summed E-state index contributed by atoms with van der Waals surface area (Å²) in [5.41, 5.74) is 0.518. The van der Waals surface area contributed by atoms with Gasteiger partial charge in [0.15, 0.2) is 0 Å². The van der Waals surface area contributed by atoms with Gasteiger partial charge in [0.25, 0.3) is 5.91 Å². The Kier molecular flexibility index (Phi) is 5.43. The summed E-state index contributed by atoms with van der Waals surface area (Å²) in [5, 5.41) is 13.0. The van der Waals surface area contributed by atoms with Gasteiger partial charge in [-0.3, -0.25) is 9.59 Å². The minimum Gasteiger partial charge on any atom is -0.340 e. The third-order valence-corrected chi connectivity index (χ3v) is 5.24. The molecule has 1 saturated heterocycles. The molecular weight excluding hydrogens is 322 g/mol. The van der Waals surface area contributed by atoms with Crippen molar-refractivity contribution in [3.63, 3.8) is 0 Å². The third-order valence-electron chi connectivity index (χ3n) is 4.05. The van der Waals surface area contributed by atoms with Crippen molar-refractivity contribution >= 4 is 34.8 Å². The van der Waals surface area contributed by atoms with Crippen LogP contribution in [0, 0.1) is 17.2 Å². The van der Waals surface area contributed by atoms with Crippen molar-refractivity contribution in [3.8, 4) is 6.07 Å². The second-order valence-corrected chi connectivity index (χ2v) is 6.52. The standard InChI is InChI=1S/C15H18ClN3O2S/c1-3-10(6-17)14(20)18(2)11-4-5-19(7-11)15(21)12-8-22-9-13(12)16/h8-11H,3-5,7H2,1-2H3. The van der Waals surface area contributed by atoms with Crippen molar-refractivity contribution in [1.82, 2.24) is 9.80 Å². The molecule has 1 aromatic rings. The number of hydrogen-bond acceptors (Lipinski definition) is 4. The topological polar surface area (TPSA) is 64.4 Å². The summed E-state index contributed by atoms with van der Waals surface area (Å²) in [6, 6.07) is 1.99. The molecule has 0 bridgehead atoms. The highest BCUT2D eigenvalue weighted by molar-refractivity contribution is 7.08. The number of nitriles is 1. The maximum absolute atomic E-state index is 12.4. The lowest BCUT2D eigenvalue weighted by molar-refractivity contribution is -0.134. The highest BCUT2D eigenvalue weighted by atomic mass is 35.5. The first-order valence-electron chi connectivity index (χ1n) is 7.16. The van der Waals surface area contributed by atoms with Gasteiger partial charge in [-0.25, -0.2) is 0 Å². The Hall–Kier alpha value is -1.58. The van der Waals surface area contributed by atoms with E-state index < -0.39 is 5.92 Å². The lowest BCUT2D eigenvalue weighted by Gasteiger charge is -2.26. The van der Waals surface area contributed by atoms with Crippen molar-refractivity contribution in [3.05, 3.63) is 21.3 Å². The molecule has 1 fully saturated rings. The van der Waals surface area contributed by atoms with Gasteiger partial charge in [-0.1, -0.05) is 18.5 Å². The first-order chi connectivity index (χ1) is 10.5. The summed E-state index contributed by atoms with van der Waals surface area (Å²) in [6.45, 7) is 2.90. The molecule has 7 heteroatoms. The quantitative estimate of drug-likeness (QED) is 0.847. The summed E-state index contributed by atoms with van der Waals surface area (Å²) in [7, 11) is 1.71. The normalized spacial score (nSPS) is 18.8. The van der Waals surface area contributed by atoms with E-state index in [1.54, 1.807) is 27.6 Å². The predicted octanol–water partition coefficient (Wildman–Crippen LogP) is 2.62. The molecule has 0 spiro atoms. The molecule has 22 heavy (non-hydrogen) atoms. The van der Waals surface area contributed by atoms with Crippen molar-refractivity contribution < 1.29 is 9.59 Å². The van der Waals surface area contributed by atoms with E-state index in [0.29, 0.717) is 30.1 Å². The maximum Gasteiger partial charge on any atom is 0.256 e. The van der Waals surface area contributed by atoms with E-state index in [0.717, 1.165) is 6.42 Å². The van der Waals surface area contributed by atoms with Crippen molar-refractivity contribution in [2.75, 3.05) is 20.1 Å².